The number of hydrogen-bond acceptors (Lipinski definition) is 5. The molecule has 0 spiro atoms. The zero-order valence-electron chi connectivity index (χ0n) is 13.6. The molecular weight excluding hydrogens is 310 g/mol. The zero-order chi connectivity index (χ0) is 16.7. The van der Waals surface area contributed by atoms with E-state index in [0.29, 0.717) is 36.7 Å². The van der Waals surface area contributed by atoms with Crippen LogP contribution in [0.15, 0.2) is 30.2 Å². The molecule has 3 aliphatic heterocycles. The second kappa shape index (κ2) is 5.78. The number of carbonyl (C=O) groups is 1. The van der Waals surface area contributed by atoms with E-state index < -0.39 is 0 Å². The first-order valence-corrected chi connectivity index (χ1v) is 7.98. The number of ether oxygens (including phenoxy) is 4. The first-order valence-electron chi connectivity index (χ1n) is 7.98. The third-order valence-electron chi connectivity index (χ3n) is 4.58. The van der Waals surface area contributed by atoms with Gasteiger partial charge < -0.3 is 23.8 Å². The van der Waals surface area contributed by atoms with Crippen molar-refractivity contribution in [2.75, 3.05) is 27.1 Å². The highest BCUT2D eigenvalue weighted by Gasteiger charge is 2.34. The van der Waals surface area contributed by atoms with Crippen molar-refractivity contribution in [3.05, 3.63) is 41.3 Å². The van der Waals surface area contributed by atoms with Crippen LogP contribution < -0.4 is 9.47 Å². The van der Waals surface area contributed by atoms with E-state index in [-0.39, 0.29) is 19.3 Å². The van der Waals surface area contributed by atoms with Gasteiger partial charge in [-0.15, -0.1) is 0 Å². The molecular formula is C18H19NO5. The van der Waals surface area contributed by atoms with Crippen LogP contribution in [0.25, 0.3) is 5.76 Å². The fourth-order valence-electron chi connectivity index (χ4n) is 3.30. The van der Waals surface area contributed by atoms with Crippen molar-refractivity contribution in [2.24, 2.45) is 0 Å². The van der Waals surface area contributed by atoms with E-state index in [4.69, 9.17) is 18.9 Å². The summed E-state index contributed by atoms with van der Waals surface area (Å²) in [6.45, 7) is 4.93. The summed E-state index contributed by atoms with van der Waals surface area (Å²) in [5, 5.41) is 0. The summed E-state index contributed by atoms with van der Waals surface area (Å²) in [4.78, 5) is 14.0. The quantitative estimate of drug-likeness (QED) is 0.794. The summed E-state index contributed by atoms with van der Waals surface area (Å²) >= 11 is 0. The maximum atomic E-state index is 12.2. The molecule has 0 N–H and O–H groups in total. The van der Waals surface area contributed by atoms with Gasteiger partial charge >= 0.3 is 0 Å². The summed E-state index contributed by atoms with van der Waals surface area (Å²) < 4.78 is 22.1. The highest BCUT2D eigenvalue weighted by molar-refractivity contribution is 5.85. The van der Waals surface area contributed by atoms with E-state index in [9.17, 15) is 4.79 Å². The van der Waals surface area contributed by atoms with Gasteiger partial charge in [-0.2, -0.15) is 0 Å². The van der Waals surface area contributed by atoms with Gasteiger partial charge in [0.25, 0.3) is 0 Å². The molecule has 24 heavy (non-hydrogen) atoms. The van der Waals surface area contributed by atoms with Crippen LogP contribution in [0.3, 0.4) is 0 Å². The van der Waals surface area contributed by atoms with E-state index in [1.165, 1.54) is 0 Å². The number of carbonyl (C=O) groups excluding carboxylic acids is 1. The van der Waals surface area contributed by atoms with Gasteiger partial charge in [-0.25, -0.2) is 0 Å². The van der Waals surface area contributed by atoms with Crippen LogP contribution in [0.5, 0.6) is 11.5 Å². The van der Waals surface area contributed by atoms with Gasteiger partial charge in [0, 0.05) is 24.9 Å². The summed E-state index contributed by atoms with van der Waals surface area (Å²) in [7, 11) is 1.56. The van der Waals surface area contributed by atoms with E-state index in [1.54, 1.807) is 7.11 Å². The highest BCUT2D eigenvalue weighted by Crippen LogP contribution is 2.42. The van der Waals surface area contributed by atoms with Crippen LogP contribution in [0, 0.1) is 0 Å². The number of methoxy groups -OCH3 is 1. The number of allylic oxidation sites excluding steroid dienone is 1. The number of rotatable bonds is 4. The number of nitrogens with zero attached hydrogens (tertiary/aromatic N) is 1. The third-order valence-corrected chi connectivity index (χ3v) is 4.58. The van der Waals surface area contributed by atoms with E-state index in [1.807, 2.05) is 17.0 Å². The van der Waals surface area contributed by atoms with Gasteiger partial charge in [-0.3, -0.25) is 4.79 Å². The molecule has 0 atom stereocenters. The molecule has 6 heteroatoms. The Bertz CT molecular complexity index is 752. The zero-order valence-corrected chi connectivity index (χ0v) is 13.6. The normalized spacial score (nSPS) is 18.2. The van der Waals surface area contributed by atoms with Crippen LogP contribution in [-0.2, 0) is 20.7 Å². The summed E-state index contributed by atoms with van der Waals surface area (Å²) in [5.74, 6) is 2.84. The lowest BCUT2D eigenvalue weighted by molar-refractivity contribution is -0.126. The van der Waals surface area contributed by atoms with E-state index in [0.717, 1.165) is 29.0 Å². The molecule has 3 heterocycles. The van der Waals surface area contributed by atoms with Crippen LogP contribution >= 0.6 is 0 Å². The van der Waals surface area contributed by atoms with Gasteiger partial charge in [-0.1, -0.05) is 6.58 Å². The molecule has 126 valence electrons. The minimum atomic E-state index is 0.143. The summed E-state index contributed by atoms with van der Waals surface area (Å²) in [6.07, 6.45) is 1.95. The van der Waals surface area contributed by atoms with Gasteiger partial charge in [0.1, 0.15) is 18.1 Å². The Balaban J connectivity index is 1.79. The van der Waals surface area contributed by atoms with Gasteiger partial charge in [0.2, 0.25) is 12.7 Å². The van der Waals surface area contributed by atoms with Crippen LogP contribution in [0.1, 0.15) is 24.0 Å². The second-order valence-corrected chi connectivity index (χ2v) is 5.97. The molecule has 1 fully saturated rings. The van der Waals surface area contributed by atoms with Crippen molar-refractivity contribution in [2.45, 2.75) is 19.3 Å². The first-order chi connectivity index (χ1) is 11.7. The van der Waals surface area contributed by atoms with Crippen molar-refractivity contribution in [3.8, 4) is 11.5 Å². The molecule has 1 aromatic rings. The minimum absolute atomic E-state index is 0.143. The Morgan fingerprint density at radius 2 is 2.04 bits per heavy atom. The lowest BCUT2D eigenvalue weighted by atomic mass is 10.0. The monoisotopic (exact) mass is 329 g/mol. The van der Waals surface area contributed by atoms with Crippen molar-refractivity contribution in [3.63, 3.8) is 0 Å². The Morgan fingerprint density at radius 3 is 2.83 bits per heavy atom. The largest absolute Gasteiger partial charge is 0.498 e. The molecule has 0 unspecified atom stereocenters. The maximum Gasteiger partial charge on any atom is 0.231 e. The number of hydrogen-bond donors (Lipinski definition) is 0. The second-order valence-electron chi connectivity index (χ2n) is 5.97. The predicted octanol–water partition coefficient (Wildman–Crippen LogP) is 2.44. The average Bonchev–Trinajstić information content (AvgIpc) is 3.15. The Labute approximate surface area is 140 Å². The van der Waals surface area contributed by atoms with Gasteiger partial charge in [0.15, 0.2) is 11.5 Å². The van der Waals surface area contributed by atoms with Crippen molar-refractivity contribution < 1.29 is 23.7 Å². The highest BCUT2D eigenvalue weighted by atomic mass is 16.7. The molecule has 3 aliphatic rings. The smallest absolute Gasteiger partial charge is 0.231 e. The van der Waals surface area contributed by atoms with Gasteiger partial charge in [0.05, 0.1) is 12.8 Å². The predicted molar refractivity (Wildman–Crippen MR) is 86.2 cm³/mol. The van der Waals surface area contributed by atoms with E-state index >= 15 is 0 Å². The maximum absolute atomic E-state index is 12.2. The first kappa shape index (κ1) is 14.9. The summed E-state index contributed by atoms with van der Waals surface area (Å²) in [6, 6.07) is 3.93. The minimum Gasteiger partial charge on any atom is -0.498 e. The lowest BCUT2D eigenvalue weighted by Gasteiger charge is -2.19. The van der Waals surface area contributed by atoms with Crippen LogP contribution in [-0.4, -0.2) is 37.9 Å². The molecule has 0 saturated carbocycles. The van der Waals surface area contributed by atoms with Crippen molar-refractivity contribution >= 4 is 11.7 Å². The number of fused-ring (bicyclic) bond motifs is 3. The topological polar surface area (TPSA) is 57.2 Å². The average molecular weight is 329 g/mol. The molecule has 1 amide bonds. The SMILES string of the molecule is C=C(COC1=C2CCC(=O)N2CCc2cc3c(cc21)OCO3)OC. The summed E-state index contributed by atoms with van der Waals surface area (Å²) in [5.41, 5.74) is 2.98. The molecule has 6 nitrogen and oxygen atoms in total. The van der Waals surface area contributed by atoms with E-state index in [2.05, 4.69) is 6.58 Å². The molecule has 0 aliphatic carbocycles. The molecule has 0 aromatic heterocycles. The Morgan fingerprint density at radius 1 is 1.25 bits per heavy atom. The van der Waals surface area contributed by atoms with Crippen molar-refractivity contribution in [1.29, 1.82) is 0 Å². The number of benzene rings is 1. The number of amides is 1. The van der Waals surface area contributed by atoms with Gasteiger partial charge in [-0.05, 0) is 24.1 Å². The van der Waals surface area contributed by atoms with Crippen molar-refractivity contribution in [1.82, 2.24) is 4.90 Å². The third kappa shape index (κ3) is 2.38. The standard InChI is InChI=1S/C18H19NO5/c1-11(21-2)9-22-18-13-8-16-15(23-10-24-16)7-12(13)5-6-19-14(18)3-4-17(19)20/h7-8H,1,3-6,9-10H2,2H3. The Kier molecular flexibility index (Phi) is 3.59. The Hall–Kier alpha value is -2.63. The molecule has 1 saturated heterocycles. The fraction of sp³-hybridized carbons (Fsp3) is 0.389. The molecule has 4 rings (SSSR count). The lowest BCUT2D eigenvalue weighted by Crippen LogP contribution is -2.25. The molecule has 0 radical (unpaired) electrons. The molecule has 0 bridgehead atoms. The van der Waals surface area contributed by atoms with Crippen LogP contribution in [0.4, 0.5) is 0 Å². The van der Waals surface area contributed by atoms with Crippen LogP contribution in [0.2, 0.25) is 0 Å². The molecule has 1 aromatic carbocycles. The fourth-order valence-corrected chi connectivity index (χ4v) is 3.30.